The average Bonchev–Trinajstić information content (AvgIpc) is 3.06. The number of hydrogen-bond donors (Lipinski definition) is 0. The van der Waals surface area contributed by atoms with Gasteiger partial charge >= 0.3 is 0 Å². The second-order valence-electron chi connectivity index (χ2n) is 8.76. The van der Waals surface area contributed by atoms with Crippen LogP contribution in [0.5, 0.6) is 5.88 Å². The minimum Gasteiger partial charge on any atom is -0.474 e. The van der Waals surface area contributed by atoms with Crippen LogP contribution in [0.4, 0.5) is 8.78 Å². The molecule has 7 heteroatoms. The molecule has 2 aliphatic carbocycles. The van der Waals surface area contributed by atoms with Gasteiger partial charge in [-0.05, 0) is 57.4 Å². The first-order valence-electron chi connectivity index (χ1n) is 10.9. The summed E-state index contributed by atoms with van der Waals surface area (Å²) in [6.45, 7) is 4.09. The molecule has 2 aromatic heterocycles. The van der Waals surface area contributed by atoms with Gasteiger partial charge in [0.2, 0.25) is 5.88 Å². The van der Waals surface area contributed by atoms with Crippen molar-refractivity contribution in [2.75, 3.05) is 0 Å². The molecule has 30 heavy (non-hydrogen) atoms. The molecule has 0 amide bonds. The van der Waals surface area contributed by atoms with Crippen molar-refractivity contribution in [1.29, 1.82) is 0 Å². The highest BCUT2D eigenvalue weighted by Crippen LogP contribution is 2.36. The van der Waals surface area contributed by atoms with Crippen molar-refractivity contribution in [3.05, 3.63) is 40.8 Å². The number of aryl methyl sites for hydroxylation is 2. The summed E-state index contributed by atoms with van der Waals surface area (Å²) in [6, 6.07) is 3.91. The number of rotatable bonds is 6. The van der Waals surface area contributed by atoms with Crippen LogP contribution < -0.4 is 4.74 Å². The van der Waals surface area contributed by atoms with Gasteiger partial charge in [-0.3, -0.25) is 9.48 Å². The Labute approximate surface area is 175 Å². The van der Waals surface area contributed by atoms with Gasteiger partial charge in [-0.15, -0.1) is 0 Å². The Hall–Kier alpha value is -2.31. The number of alkyl halides is 2. The Balaban J connectivity index is 1.34. The van der Waals surface area contributed by atoms with Crippen LogP contribution in [0, 0.1) is 12.8 Å². The van der Waals surface area contributed by atoms with Crippen molar-refractivity contribution >= 4 is 5.78 Å². The topological polar surface area (TPSA) is 57.0 Å². The van der Waals surface area contributed by atoms with Gasteiger partial charge in [0.05, 0.1) is 0 Å². The van der Waals surface area contributed by atoms with Crippen molar-refractivity contribution in [2.45, 2.75) is 83.8 Å². The van der Waals surface area contributed by atoms with Gasteiger partial charge in [-0.2, -0.15) is 5.10 Å². The Kier molecular flexibility index (Phi) is 5.89. The van der Waals surface area contributed by atoms with Gasteiger partial charge in [0.15, 0.2) is 5.78 Å². The maximum Gasteiger partial charge on any atom is 0.252 e. The summed E-state index contributed by atoms with van der Waals surface area (Å²) in [5, 5.41) is 4.42. The van der Waals surface area contributed by atoms with E-state index in [2.05, 4.69) is 10.1 Å². The highest BCUT2D eigenvalue weighted by molar-refractivity contribution is 5.94. The largest absolute Gasteiger partial charge is 0.474 e. The fourth-order valence-corrected chi connectivity index (χ4v) is 4.71. The predicted octanol–water partition coefficient (Wildman–Crippen LogP) is 4.94. The predicted molar refractivity (Wildman–Crippen MR) is 109 cm³/mol. The fourth-order valence-electron chi connectivity index (χ4n) is 4.71. The van der Waals surface area contributed by atoms with E-state index in [-0.39, 0.29) is 36.8 Å². The lowest BCUT2D eigenvalue weighted by molar-refractivity contribution is -0.0130. The van der Waals surface area contributed by atoms with E-state index >= 15 is 0 Å². The number of pyridine rings is 1. The number of nitrogens with zero attached hydrogens (tertiary/aromatic N) is 3. The molecule has 0 bridgehead atoms. The van der Waals surface area contributed by atoms with Crippen molar-refractivity contribution in [2.24, 2.45) is 5.92 Å². The number of Topliss-reactive ketones (excluding diaryl/α,β-unsaturated/α-hetero) is 1. The van der Waals surface area contributed by atoms with Crippen molar-refractivity contribution in [1.82, 2.24) is 14.8 Å². The Morgan fingerprint density at radius 3 is 2.77 bits per heavy atom. The van der Waals surface area contributed by atoms with E-state index in [1.807, 2.05) is 23.7 Å². The van der Waals surface area contributed by atoms with E-state index in [9.17, 15) is 13.6 Å². The summed E-state index contributed by atoms with van der Waals surface area (Å²) in [6.07, 6.45) is 6.75. The number of ketones is 1. The molecule has 2 aliphatic rings. The van der Waals surface area contributed by atoms with Gasteiger partial charge in [0.25, 0.3) is 5.92 Å². The van der Waals surface area contributed by atoms with Crippen LogP contribution in [0.15, 0.2) is 18.3 Å². The van der Waals surface area contributed by atoms with E-state index in [1.165, 1.54) is 6.92 Å². The third kappa shape index (κ3) is 4.55. The van der Waals surface area contributed by atoms with Crippen LogP contribution in [-0.4, -0.2) is 32.6 Å². The number of hydrogen-bond acceptors (Lipinski definition) is 4. The zero-order valence-corrected chi connectivity index (χ0v) is 17.7. The van der Waals surface area contributed by atoms with Crippen LogP contribution in [0.3, 0.4) is 0 Å². The fraction of sp³-hybridized carbons (Fsp3) is 0.609. The molecular formula is C23H29F2N3O2. The quantitative estimate of drug-likeness (QED) is 0.625. The van der Waals surface area contributed by atoms with Gasteiger partial charge in [0, 0.05) is 49.3 Å². The van der Waals surface area contributed by atoms with E-state index in [0.717, 1.165) is 49.2 Å². The molecular weight excluding hydrogens is 388 g/mol. The number of fused-ring (bicyclic) bond motifs is 1. The van der Waals surface area contributed by atoms with Gasteiger partial charge in [-0.1, -0.05) is 6.07 Å². The van der Waals surface area contributed by atoms with Crippen LogP contribution in [0.25, 0.3) is 0 Å². The van der Waals surface area contributed by atoms with Crippen molar-refractivity contribution in [3.63, 3.8) is 0 Å². The monoisotopic (exact) mass is 417 g/mol. The van der Waals surface area contributed by atoms with Gasteiger partial charge in [-0.25, -0.2) is 13.8 Å². The van der Waals surface area contributed by atoms with Crippen LogP contribution in [0.1, 0.15) is 72.8 Å². The molecule has 0 unspecified atom stereocenters. The summed E-state index contributed by atoms with van der Waals surface area (Å²) in [5.41, 5.74) is 2.57. The molecule has 1 saturated carbocycles. The standard InChI is InChI=1S/C23H29F2N3O2/c1-15-4-3-12-26-22(15)30-18-7-5-17(6-8-18)10-13-28-20-9-11-23(24,25)14-19(20)21(27-28)16(2)29/h3-4,12,17-18H,5-11,13-14H2,1-2H3. The highest BCUT2D eigenvalue weighted by Gasteiger charge is 2.38. The van der Waals surface area contributed by atoms with Crippen molar-refractivity contribution in [3.8, 4) is 5.88 Å². The smallest absolute Gasteiger partial charge is 0.252 e. The maximum atomic E-state index is 13.9. The maximum absolute atomic E-state index is 13.9. The molecule has 0 radical (unpaired) electrons. The first kappa shape index (κ1) is 20.9. The molecule has 2 aromatic rings. The number of carbonyl (C=O) groups is 1. The SMILES string of the molecule is CC(=O)c1nn(CCC2CCC(Oc3ncccc3C)CC2)c2c1CC(F)(F)CC2. The van der Waals surface area contributed by atoms with E-state index in [4.69, 9.17) is 4.74 Å². The lowest BCUT2D eigenvalue weighted by Crippen LogP contribution is -2.28. The minimum atomic E-state index is -2.74. The minimum absolute atomic E-state index is 0.168. The molecule has 0 atom stereocenters. The normalized spacial score (nSPS) is 23.1. The molecule has 162 valence electrons. The summed E-state index contributed by atoms with van der Waals surface area (Å²) in [5.74, 6) is -1.70. The summed E-state index contributed by atoms with van der Waals surface area (Å²) < 4.78 is 35.6. The first-order chi connectivity index (χ1) is 14.3. The molecule has 4 rings (SSSR count). The van der Waals surface area contributed by atoms with E-state index in [1.54, 1.807) is 6.20 Å². The first-order valence-corrected chi connectivity index (χ1v) is 10.9. The van der Waals surface area contributed by atoms with Crippen LogP contribution in [-0.2, 0) is 19.4 Å². The third-order valence-corrected chi connectivity index (χ3v) is 6.45. The molecule has 5 nitrogen and oxygen atoms in total. The Morgan fingerprint density at radius 1 is 1.30 bits per heavy atom. The number of carbonyl (C=O) groups excluding carboxylic acids is 1. The Bertz CT molecular complexity index is 917. The Morgan fingerprint density at radius 2 is 2.07 bits per heavy atom. The summed E-state index contributed by atoms with van der Waals surface area (Å²) >= 11 is 0. The van der Waals surface area contributed by atoms with E-state index in [0.29, 0.717) is 18.0 Å². The highest BCUT2D eigenvalue weighted by atomic mass is 19.3. The van der Waals surface area contributed by atoms with Crippen molar-refractivity contribution < 1.29 is 18.3 Å². The van der Waals surface area contributed by atoms with Gasteiger partial charge < -0.3 is 4.74 Å². The summed E-state index contributed by atoms with van der Waals surface area (Å²) in [7, 11) is 0. The van der Waals surface area contributed by atoms with Crippen LogP contribution in [0.2, 0.25) is 0 Å². The second kappa shape index (κ2) is 8.44. The third-order valence-electron chi connectivity index (χ3n) is 6.45. The zero-order chi connectivity index (χ0) is 21.3. The number of halogens is 2. The molecule has 2 heterocycles. The van der Waals surface area contributed by atoms with E-state index < -0.39 is 5.92 Å². The number of aromatic nitrogens is 3. The van der Waals surface area contributed by atoms with Gasteiger partial charge in [0.1, 0.15) is 11.8 Å². The molecule has 0 aliphatic heterocycles. The lowest BCUT2D eigenvalue weighted by atomic mass is 9.85. The zero-order valence-electron chi connectivity index (χ0n) is 17.7. The lowest BCUT2D eigenvalue weighted by Gasteiger charge is -2.29. The molecule has 0 aromatic carbocycles. The summed E-state index contributed by atoms with van der Waals surface area (Å²) in [4.78, 5) is 16.2. The second-order valence-corrected chi connectivity index (χ2v) is 8.76. The average molecular weight is 418 g/mol. The molecule has 0 spiro atoms. The molecule has 0 N–H and O–H groups in total. The molecule has 0 saturated heterocycles. The molecule has 1 fully saturated rings. The van der Waals surface area contributed by atoms with Crippen LogP contribution >= 0.6 is 0 Å². The number of ether oxygens (including phenoxy) is 1.